The number of hydrogen-bond donors (Lipinski definition) is 1. The molecular weight excluding hydrogens is 265 g/mol. The van der Waals surface area contributed by atoms with Gasteiger partial charge in [-0.2, -0.15) is 0 Å². The summed E-state index contributed by atoms with van der Waals surface area (Å²) in [5.74, 6) is -0.792. The molecule has 20 heavy (non-hydrogen) atoms. The van der Waals surface area contributed by atoms with E-state index in [-0.39, 0.29) is 22.8 Å². The molecule has 0 spiro atoms. The van der Waals surface area contributed by atoms with Crippen molar-refractivity contribution in [1.82, 2.24) is 9.97 Å². The summed E-state index contributed by atoms with van der Waals surface area (Å²) in [6.45, 7) is 0. The first-order valence-corrected chi connectivity index (χ1v) is 5.61. The van der Waals surface area contributed by atoms with Crippen molar-refractivity contribution in [2.75, 3.05) is 20.0 Å². The Morgan fingerprint density at radius 3 is 2.70 bits per heavy atom. The van der Waals surface area contributed by atoms with Gasteiger partial charge in [0.1, 0.15) is 17.3 Å². The van der Waals surface area contributed by atoms with Gasteiger partial charge in [-0.05, 0) is 18.2 Å². The van der Waals surface area contributed by atoms with E-state index in [1.165, 1.54) is 38.6 Å². The van der Waals surface area contributed by atoms with Crippen molar-refractivity contribution in [3.05, 3.63) is 35.9 Å². The molecule has 1 heterocycles. The van der Waals surface area contributed by atoms with Crippen molar-refractivity contribution in [2.45, 2.75) is 0 Å². The summed E-state index contributed by atoms with van der Waals surface area (Å²) in [7, 11) is 2.68. The molecule has 0 saturated heterocycles. The molecule has 1 aromatic carbocycles. The fourth-order valence-corrected chi connectivity index (χ4v) is 1.63. The van der Waals surface area contributed by atoms with Crippen LogP contribution >= 0.6 is 0 Å². The minimum atomic E-state index is -0.665. The number of hydrogen-bond acceptors (Lipinski definition) is 6. The van der Waals surface area contributed by atoms with Crippen molar-refractivity contribution in [3.8, 4) is 17.0 Å². The highest BCUT2D eigenvalue weighted by atomic mass is 19.1. The molecule has 0 atom stereocenters. The molecule has 0 fully saturated rings. The van der Waals surface area contributed by atoms with Gasteiger partial charge in [0.2, 0.25) is 0 Å². The van der Waals surface area contributed by atoms with Gasteiger partial charge in [0.05, 0.1) is 20.4 Å². The average molecular weight is 277 g/mol. The Morgan fingerprint density at radius 2 is 2.10 bits per heavy atom. The highest BCUT2D eigenvalue weighted by Crippen LogP contribution is 2.28. The monoisotopic (exact) mass is 277 g/mol. The summed E-state index contributed by atoms with van der Waals surface area (Å²) in [6.07, 6.45) is 1.18. The lowest BCUT2D eigenvalue weighted by atomic mass is 10.1. The summed E-state index contributed by atoms with van der Waals surface area (Å²) in [5.41, 5.74) is 5.95. The van der Waals surface area contributed by atoms with Gasteiger partial charge in [-0.1, -0.05) is 0 Å². The van der Waals surface area contributed by atoms with Crippen LogP contribution in [-0.2, 0) is 4.74 Å². The Hall–Kier alpha value is -2.70. The average Bonchev–Trinajstić information content (AvgIpc) is 2.47. The van der Waals surface area contributed by atoms with E-state index in [1.54, 1.807) is 0 Å². The standard InChI is InChI=1S/C13H12FN3O3/c1-19-7-3-4-9(14)8(5-7)11-12(15)17-10(6-16-11)13(18)20-2/h3-6H,1-2H3,(H2,15,17). The lowest BCUT2D eigenvalue weighted by Crippen LogP contribution is -2.08. The molecule has 0 saturated carbocycles. The smallest absolute Gasteiger partial charge is 0.358 e. The third-order valence-electron chi connectivity index (χ3n) is 2.62. The van der Waals surface area contributed by atoms with E-state index in [4.69, 9.17) is 10.5 Å². The number of nitrogens with zero attached hydrogens (tertiary/aromatic N) is 2. The van der Waals surface area contributed by atoms with Gasteiger partial charge >= 0.3 is 5.97 Å². The van der Waals surface area contributed by atoms with Gasteiger partial charge in [-0.25, -0.2) is 19.2 Å². The van der Waals surface area contributed by atoms with Gasteiger partial charge in [0.15, 0.2) is 11.5 Å². The normalized spacial score (nSPS) is 10.2. The second-order valence-electron chi connectivity index (χ2n) is 3.83. The van der Waals surface area contributed by atoms with E-state index >= 15 is 0 Å². The number of carbonyl (C=O) groups excluding carboxylic acids is 1. The molecule has 6 nitrogen and oxygen atoms in total. The number of benzene rings is 1. The van der Waals surface area contributed by atoms with E-state index in [2.05, 4.69) is 14.7 Å². The number of aromatic nitrogens is 2. The highest BCUT2D eigenvalue weighted by Gasteiger charge is 2.15. The Balaban J connectivity index is 2.51. The number of nitrogens with two attached hydrogens (primary N) is 1. The second kappa shape index (κ2) is 5.52. The fourth-order valence-electron chi connectivity index (χ4n) is 1.63. The van der Waals surface area contributed by atoms with Crippen molar-refractivity contribution in [2.24, 2.45) is 0 Å². The van der Waals surface area contributed by atoms with Crippen LogP contribution in [0.4, 0.5) is 10.2 Å². The van der Waals surface area contributed by atoms with Gasteiger partial charge in [0, 0.05) is 5.56 Å². The van der Waals surface area contributed by atoms with Crippen LogP contribution in [0.15, 0.2) is 24.4 Å². The summed E-state index contributed by atoms with van der Waals surface area (Å²) in [6, 6.07) is 4.17. The lowest BCUT2D eigenvalue weighted by molar-refractivity contribution is 0.0593. The molecule has 0 radical (unpaired) electrons. The van der Waals surface area contributed by atoms with Gasteiger partial charge in [-0.3, -0.25) is 0 Å². The maximum Gasteiger partial charge on any atom is 0.358 e. The van der Waals surface area contributed by atoms with E-state index in [1.807, 2.05) is 0 Å². The van der Waals surface area contributed by atoms with E-state index < -0.39 is 11.8 Å². The molecule has 0 amide bonds. The molecule has 0 aliphatic carbocycles. The molecule has 0 aliphatic rings. The lowest BCUT2D eigenvalue weighted by Gasteiger charge is -2.08. The molecule has 0 bridgehead atoms. The number of anilines is 1. The summed E-state index contributed by atoms with van der Waals surface area (Å²) in [4.78, 5) is 19.1. The van der Waals surface area contributed by atoms with Crippen molar-refractivity contribution < 1.29 is 18.7 Å². The second-order valence-corrected chi connectivity index (χ2v) is 3.83. The van der Waals surface area contributed by atoms with Crippen LogP contribution in [0.25, 0.3) is 11.3 Å². The van der Waals surface area contributed by atoms with Crippen LogP contribution in [0.1, 0.15) is 10.5 Å². The predicted molar refractivity (Wildman–Crippen MR) is 69.7 cm³/mol. The minimum Gasteiger partial charge on any atom is -0.497 e. The SMILES string of the molecule is COC(=O)c1cnc(-c2cc(OC)ccc2F)c(N)n1. The maximum atomic E-state index is 13.8. The fraction of sp³-hybridized carbons (Fsp3) is 0.154. The van der Waals surface area contributed by atoms with E-state index in [9.17, 15) is 9.18 Å². The Morgan fingerprint density at radius 1 is 1.35 bits per heavy atom. The van der Waals surface area contributed by atoms with Gasteiger partial charge in [-0.15, -0.1) is 0 Å². The highest BCUT2D eigenvalue weighted by molar-refractivity contribution is 5.88. The van der Waals surface area contributed by atoms with Crippen LogP contribution in [0.5, 0.6) is 5.75 Å². The largest absolute Gasteiger partial charge is 0.497 e. The number of halogens is 1. The number of rotatable bonds is 3. The van der Waals surface area contributed by atoms with E-state index in [0.29, 0.717) is 5.75 Å². The van der Waals surface area contributed by atoms with Crippen molar-refractivity contribution in [1.29, 1.82) is 0 Å². The van der Waals surface area contributed by atoms with Gasteiger partial charge in [0.25, 0.3) is 0 Å². The Bertz CT molecular complexity index is 661. The zero-order valence-electron chi connectivity index (χ0n) is 10.9. The zero-order chi connectivity index (χ0) is 14.7. The number of carbonyl (C=O) groups is 1. The number of nitrogen functional groups attached to an aromatic ring is 1. The van der Waals surface area contributed by atoms with Crippen LogP contribution in [0.2, 0.25) is 0 Å². The first-order chi connectivity index (χ1) is 9.56. The number of esters is 1. The van der Waals surface area contributed by atoms with Crippen LogP contribution in [-0.4, -0.2) is 30.2 Å². The first kappa shape index (κ1) is 13.7. The number of methoxy groups -OCH3 is 2. The molecule has 1 aromatic heterocycles. The first-order valence-electron chi connectivity index (χ1n) is 5.61. The zero-order valence-corrected chi connectivity index (χ0v) is 10.9. The molecule has 2 rings (SSSR count). The van der Waals surface area contributed by atoms with Crippen LogP contribution in [0.3, 0.4) is 0 Å². The summed E-state index contributed by atoms with van der Waals surface area (Å²) in [5, 5.41) is 0. The Kier molecular flexibility index (Phi) is 3.79. The van der Waals surface area contributed by atoms with Gasteiger partial charge < -0.3 is 15.2 Å². The third kappa shape index (κ3) is 2.51. The topological polar surface area (TPSA) is 87.3 Å². The van der Waals surface area contributed by atoms with Crippen LogP contribution < -0.4 is 10.5 Å². The summed E-state index contributed by atoms with van der Waals surface area (Å²) >= 11 is 0. The molecule has 2 aromatic rings. The molecular formula is C13H12FN3O3. The quantitative estimate of drug-likeness (QED) is 0.858. The summed E-state index contributed by atoms with van der Waals surface area (Å²) < 4.78 is 23.4. The molecule has 2 N–H and O–H groups in total. The van der Waals surface area contributed by atoms with Crippen molar-refractivity contribution >= 4 is 11.8 Å². The Labute approximate surface area is 114 Å². The van der Waals surface area contributed by atoms with E-state index in [0.717, 1.165) is 0 Å². The minimum absolute atomic E-state index is 0.0444. The third-order valence-corrected chi connectivity index (χ3v) is 2.62. The van der Waals surface area contributed by atoms with Crippen LogP contribution in [0, 0.1) is 5.82 Å². The van der Waals surface area contributed by atoms with Crippen molar-refractivity contribution in [3.63, 3.8) is 0 Å². The number of ether oxygens (including phenoxy) is 2. The molecule has 7 heteroatoms. The predicted octanol–water partition coefficient (Wildman–Crippen LogP) is 1.66. The molecule has 0 unspecified atom stereocenters. The molecule has 104 valence electrons. The molecule has 0 aliphatic heterocycles. The maximum absolute atomic E-state index is 13.8.